The highest BCUT2D eigenvalue weighted by molar-refractivity contribution is 7.92. The molecule has 0 bridgehead atoms. The topological polar surface area (TPSA) is 66.5 Å². The number of anilines is 1. The molecule has 3 rings (SSSR count). The average Bonchev–Trinajstić information content (AvgIpc) is 2.68. The minimum absolute atomic E-state index is 0.0906. The summed E-state index contributed by atoms with van der Waals surface area (Å²) in [7, 11) is -3.32. The van der Waals surface area contributed by atoms with Crippen LogP contribution in [0, 0.1) is 12.8 Å². The van der Waals surface area contributed by atoms with Crippen LogP contribution in [-0.4, -0.2) is 26.6 Å². The minimum atomic E-state index is -3.32. The molecule has 2 aromatic rings. The third kappa shape index (κ3) is 5.18. The lowest BCUT2D eigenvalue weighted by Gasteiger charge is -2.30. The minimum Gasteiger partial charge on any atom is -0.345 e. The number of benzene rings is 2. The van der Waals surface area contributed by atoms with Gasteiger partial charge in [0, 0.05) is 12.1 Å². The zero-order chi connectivity index (χ0) is 21.0. The fourth-order valence-electron chi connectivity index (χ4n) is 3.76. The van der Waals surface area contributed by atoms with E-state index < -0.39 is 10.0 Å². The number of sulfonamides is 1. The molecule has 1 atom stereocenters. The quantitative estimate of drug-likeness (QED) is 0.760. The van der Waals surface area contributed by atoms with E-state index in [4.69, 9.17) is 0 Å². The first-order valence-corrected chi connectivity index (χ1v) is 11.9. The van der Waals surface area contributed by atoms with Gasteiger partial charge in [0.25, 0.3) is 5.91 Å². The van der Waals surface area contributed by atoms with Crippen LogP contribution in [0.15, 0.2) is 48.5 Å². The molecule has 1 saturated heterocycles. The summed E-state index contributed by atoms with van der Waals surface area (Å²) in [5.74, 6) is 0.399. The van der Waals surface area contributed by atoms with Crippen molar-refractivity contribution < 1.29 is 13.2 Å². The van der Waals surface area contributed by atoms with Crippen molar-refractivity contribution in [2.24, 2.45) is 5.92 Å². The highest BCUT2D eigenvalue weighted by Crippen LogP contribution is 2.28. The lowest BCUT2D eigenvalue weighted by Crippen LogP contribution is -2.38. The fraction of sp³-hybridized carbons (Fsp3) is 0.435. The molecule has 0 saturated carbocycles. The standard InChI is InChI=1S/C23H30N2O3S/c1-17(2)15-21(19-9-5-4-6-10-19)24-23(26)20-12-11-18(3)22(16-20)25-13-7-8-14-29(25,27)28/h4-6,9-12,16-17,21H,7-8,13-15H2,1-3H3,(H,24,26)/t21-/m0/s1. The number of nitrogens with one attached hydrogen (secondary N) is 1. The molecule has 0 unspecified atom stereocenters. The van der Waals surface area contributed by atoms with E-state index in [1.54, 1.807) is 12.1 Å². The highest BCUT2D eigenvalue weighted by Gasteiger charge is 2.28. The van der Waals surface area contributed by atoms with Crippen molar-refractivity contribution in [3.05, 3.63) is 65.2 Å². The van der Waals surface area contributed by atoms with E-state index in [2.05, 4.69) is 19.2 Å². The van der Waals surface area contributed by atoms with Gasteiger partial charge in [-0.1, -0.05) is 50.2 Å². The molecule has 0 radical (unpaired) electrons. The maximum absolute atomic E-state index is 13.0. The van der Waals surface area contributed by atoms with Gasteiger partial charge in [-0.3, -0.25) is 9.10 Å². The van der Waals surface area contributed by atoms with Gasteiger partial charge in [-0.05, 0) is 55.4 Å². The molecular formula is C23H30N2O3S. The Hall–Kier alpha value is -2.34. The van der Waals surface area contributed by atoms with Crippen LogP contribution in [0.4, 0.5) is 5.69 Å². The largest absolute Gasteiger partial charge is 0.345 e. The molecule has 0 aliphatic carbocycles. The van der Waals surface area contributed by atoms with E-state index in [-0.39, 0.29) is 17.7 Å². The monoisotopic (exact) mass is 414 g/mol. The predicted octanol–water partition coefficient (Wildman–Crippen LogP) is 4.44. The van der Waals surface area contributed by atoms with Gasteiger partial charge < -0.3 is 5.32 Å². The van der Waals surface area contributed by atoms with Gasteiger partial charge in [0.2, 0.25) is 10.0 Å². The molecule has 1 amide bonds. The summed E-state index contributed by atoms with van der Waals surface area (Å²) in [5, 5.41) is 3.14. The number of hydrogen-bond acceptors (Lipinski definition) is 3. The van der Waals surface area contributed by atoms with Crippen molar-refractivity contribution in [2.75, 3.05) is 16.6 Å². The van der Waals surface area contributed by atoms with Crippen LogP contribution in [0.1, 0.15) is 60.6 Å². The van der Waals surface area contributed by atoms with Crippen molar-refractivity contribution in [1.29, 1.82) is 0 Å². The summed E-state index contributed by atoms with van der Waals surface area (Å²) in [5.41, 5.74) is 3.02. The molecule has 1 aliphatic rings. The summed E-state index contributed by atoms with van der Waals surface area (Å²) < 4.78 is 26.5. The van der Waals surface area contributed by atoms with Gasteiger partial charge in [-0.15, -0.1) is 0 Å². The molecule has 5 nitrogen and oxygen atoms in total. The number of carbonyl (C=O) groups is 1. The smallest absolute Gasteiger partial charge is 0.251 e. The summed E-state index contributed by atoms with van der Waals surface area (Å²) in [6.07, 6.45) is 2.35. The Bertz CT molecular complexity index is 955. The van der Waals surface area contributed by atoms with Crippen molar-refractivity contribution in [2.45, 2.75) is 46.1 Å². The molecule has 6 heteroatoms. The third-order valence-corrected chi connectivity index (χ3v) is 7.16. The lowest BCUT2D eigenvalue weighted by molar-refractivity contribution is 0.0932. The summed E-state index contributed by atoms with van der Waals surface area (Å²) in [6.45, 7) is 6.61. The molecule has 156 valence electrons. The highest BCUT2D eigenvalue weighted by atomic mass is 32.2. The van der Waals surface area contributed by atoms with E-state index in [1.165, 1.54) is 4.31 Å². The van der Waals surface area contributed by atoms with Crippen molar-refractivity contribution in [1.82, 2.24) is 5.32 Å². The van der Waals surface area contributed by atoms with Crippen LogP contribution < -0.4 is 9.62 Å². The lowest BCUT2D eigenvalue weighted by atomic mass is 9.96. The third-order valence-electron chi connectivity index (χ3n) is 5.30. The number of amides is 1. The maximum Gasteiger partial charge on any atom is 0.251 e. The Balaban J connectivity index is 1.87. The Kier molecular flexibility index (Phi) is 6.63. The fourth-order valence-corrected chi connectivity index (χ4v) is 5.45. The van der Waals surface area contributed by atoms with Crippen LogP contribution in [0.3, 0.4) is 0 Å². The number of hydrogen-bond donors (Lipinski definition) is 1. The molecule has 1 N–H and O–H groups in total. The summed E-state index contributed by atoms with van der Waals surface area (Å²) in [6, 6.07) is 15.2. The van der Waals surface area contributed by atoms with Crippen molar-refractivity contribution in [3.8, 4) is 0 Å². The molecular weight excluding hydrogens is 384 g/mol. The van der Waals surface area contributed by atoms with Gasteiger partial charge in [-0.2, -0.15) is 0 Å². The van der Waals surface area contributed by atoms with Crippen molar-refractivity contribution in [3.63, 3.8) is 0 Å². The van der Waals surface area contributed by atoms with Crippen LogP contribution >= 0.6 is 0 Å². The molecule has 0 aromatic heterocycles. The normalized spacial score (nSPS) is 17.2. The first-order chi connectivity index (χ1) is 13.8. The molecule has 0 spiro atoms. The Labute approximate surface area is 174 Å². The molecule has 29 heavy (non-hydrogen) atoms. The molecule has 1 heterocycles. The Morgan fingerprint density at radius 1 is 1.10 bits per heavy atom. The van der Waals surface area contributed by atoms with E-state index in [0.717, 1.165) is 24.0 Å². The Morgan fingerprint density at radius 2 is 1.83 bits per heavy atom. The van der Waals surface area contributed by atoms with Crippen LogP contribution in [0.2, 0.25) is 0 Å². The van der Waals surface area contributed by atoms with E-state index >= 15 is 0 Å². The number of rotatable bonds is 6. The summed E-state index contributed by atoms with van der Waals surface area (Å²) in [4.78, 5) is 13.0. The SMILES string of the molecule is Cc1ccc(C(=O)N[C@@H](CC(C)C)c2ccccc2)cc1N1CCCCS1(=O)=O. The van der Waals surface area contributed by atoms with Crippen LogP contribution in [0.5, 0.6) is 0 Å². The average molecular weight is 415 g/mol. The van der Waals surface area contributed by atoms with E-state index in [9.17, 15) is 13.2 Å². The Morgan fingerprint density at radius 3 is 2.48 bits per heavy atom. The first-order valence-electron chi connectivity index (χ1n) is 10.2. The van der Waals surface area contributed by atoms with E-state index in [0.29, 0.717) is 30.1 Å². The molecule has 2 aromatic carbocycles. The van der Waals surface area contributed by atoms with Gasteiger partial charge in [-0.25, -0.2) is 8.42 Å². The zero-order valence-corrected chi connectivity index (χ0v) is 18.2. The first kappa shape index (κ1) is 21.4. The molecule has 1 aliphatic heterocycles. The molecule has 1 fully saturated rings. The van der Waals surface area contributed by atoms with Gasteiger partial charge in [0.05, 0.1) is 17.5 Å². The van der Waals surface area contributed by atoms with Gasteiger partial charge >= 0.3 is 0 Å². The number of nitrogens with zero attached hydrogens (tertiary/aromatic N) is 1. The zero-order valence-electron chi connectivity index (χ0n) is 17.4. The van der Waals surface area contributed by atoms with Crippen molar-refractivity contribution >= 4 is 21.6 Å². The predicted molar refractivity (Wildman–Crippen MR) is 118 cm³/mol. The maximum atomic E-state index is 13.0. The second kappa shape index (κ2) is 8.99. The second-order valence-corrected chi connectivity index (χ2v) is 10.2. The summed E-state index contributed by atoms with van der Waals surface area (Å²) >= 11 is 0. The van der Waals surface area contributed by atoms with Crippen LogP contribution in [-0.2, 0) is 10.0 Å². The van der Waals surface area contributed by atoms with E-state index in [1.807, 2.05) is 43.3 Å². The second-order valence-electron chi connectivity index (χ2n) is 8.16. The number of carbonyl (C=O) groups excluding carboxylic acids is 1. The van der Waals surface area contributed by atoms with Crippen LogP contribution in [0.25, 0.3) is 0 Å². The number of aryl methyl sites for hydroxylation is 1. The van der Waals surface area contributed by atoms with Gasteiger partial charge in [0.1, 0.15) is 0 Å². The van der Waals surface area contributed by atoms with Gasteiger partial charge in [0.15, 0.2) is 0 Å².